The lowest BCUT2D eigenvalue weighted by Crippen LogP contribution is -2.12. The van der Waals surface area contributed by atoms with Crippen LogP contribution in [0, 0.1) is 0 Å². The predicted octanol–water partition coefficient (Wildman–Crippen LogP) is 4.62. The Hall–Kier alpha value is -1.81. The van der Waals surface area contributed by atoms with Crippen molar-refractivity contribution in [2.75, 3.05) is 5.32 Å². The van der Waals surface area contributed by atoms with Gasteiger partial charge in [-0.15, -0.1) is 0 Å². The molecule has 2 rings (SSSR count). The number of hydrogen-bond acceptors (Lipinski definition) is 2. The molecule has 2 aromatic rings. The molecule has 0 bridgehead atoms. The number of halogens is 1. The highest BCUT2D eigenvalue weighted by Gasteiger charge is 2.08. The molecule has 0 saturated heterocycles. The SMILES string of the molecule is CC(C)Oc1cccc(C(=O)Nc2ccc(CBr)cc2)c1. The molecule has 1 N–H and O–H groups in total. The highest BCUT2D eigenvalue weighted by molar-refractivity contribution is 9.08. The highest BCUT2D eigenvalue weighted by Crippen LogP contribution is 2.17. The van der Waals surface area contributed by atoms with Crippen LogP contribution in [0.5, 0.6) is 5.75 Å². The summed E-state index contributed by atoms with van der Waals surface area (Å²) in [4.78, 5) is 12.2. The zero-order valence-corrected chi connectivity index (χ0v) is 13.7. The second-order valence-corrected chi connectivity index (χ2v) is 5.54. The van der Waals surface area contributed by atoms with Gasteiger partial charge in [-0.2, -0.15) is 0 Å². The smallest absolute Gasteiger partial charge is 0.255 e. The van der Waals surface area contributed by atoms with Crippen LogP contribution in [0.25, 0.3) is 0 Å². The summed E-state index contributed by atoms with van der Waals surface area (Å²) in [6, 6.07) is 14.9. The molecule has 0 aliphatic carbocycles. The number of carbonyl (C=O) groups is 1. The van der Waals surface area contributed by atoms with E-state index in [1.54, 1.807) is 12.1 Å². The number of nitrogens with one attached hydrogen (secondary N) is 1. The lowest BCUT2D eigenvalue weighted by atomic mass is 10.2. The summed E-state index contributed by atoms with van der Waals surface area (Å²) in [5.74, 6) is 0.558. The van der Waals surface area contributed by atoms with Crippen molar-refractivity contribution in [2.45, 2.75) is 25.3 Å². The molecule has 110 valence electrons. The van der Waals surface area contributed by atoms with Crippen LogP contribution < -0.4 is 10.1 Å². The molecule has 4 heteroatoms. The van der Waals surface area contributed by atoms with Crippen molar-refractivity contribution in [2.24, 2.45) is 0 Å². The lowest BCUT2D eigenvalue weighted by Gasteiger charge is -2.11. The number of amides is 1. The number of ether oxygens (including phenoxy) is 1. The lowest BCUT2D eigenvalue weighted by molar-refractivity contribution is 0.102. The third-order valence-electron chi connectivity index (χ3n) is 2.83. The Morgan fingerprint density at radius 2 is 1.90 bits per heavy atom. The minimum absolute atomic E-state index is 0.0834. The fourth-order valence-electron chi connectivity index (χ4n) is 1.86. The second kappa shape index (κ2) is 7.27. The van der Waals surface area contributed by atoms with E-state index < -0.39 is 0 Å². The number of rotatable bonds is 5. The van der Waals surface area contributed by atoms with Gasteiger partial charge >= 0.3 is 0 Å². The number of alkyl halides is 1. The maximum absolute atomic E-state index is 12.2. The maximum Gasteiger partial charge on any atom is 0.255 e. The van der Waals surface area contributed by atoms with Crippen LogP contribution in [0.15, 0.2) is 48.5 Å². The van der Waals surface area contributed by atoms with Crippen LogP contribution in [0.1, 0.15) is 29.8 Å². The Morgan fingerprint density at radius 1 is 1.19 bits per heavy atom. The third kappa shape index (κ3) is 4.60. The highest BCUT2D eigenvalue weighted by atomic mass is 79.9. The summed E-state index contributed by atoms with van der Waals surface area (Å²) in [7, 11) is 0. The van der Waals surface area contributed by atoms with E-state index in [1.165, 1.54) is 5.56 Å². The molecular formula is C17H18BrNO2. The summed E-state index contributed by atoms with van der Waals surface area (Å²) < 4.78 is 5.60. The second-order valence-electron chi connectivity index (χ2n) is 4.98. The molecule has 0 spiro atoms. The Labute approximate surface area is 133 Å². The number of hydrogen-bond donors (Lipinski definition) is 1. The fraction of sp³-hybridized carbons (Fsp3) is 0.235. The summed E-state index contributed by atoms with van der Waals surface area (Å²) in [6.45, 7) is 3.91. The standard InChI is InChI=1S/C17H18BrNO2/c1-12(2)21-16-5-3-4-14(10-16)17(20)19-15-8-6-13(11-18)7-9-15/h3-10,12H,11H2,1-2H3,(H,19,20). The van der Waals surface area contributed by atoms with Gasteiger partial charge in [-0.3, -0.25) is 4.79 Å². The summed E-state index contributed by atoms with van der Waals surface area (Å²) in [5, 5.41) is 3.68. The quantitative estimate of drug-likeness (QED) is 0.801. The molecule has 0 aliphatic heterocycles. The van der Waals surface area contributed by atoms with Crippen molar-refractivity contribution in [3.05, 3.63) is 59.7 Å². The molecule has 1 amide bonds. The van der Waals surface area contributed by atoms with E-state index in [0.29, 0.717) is 11.3 Å². The maximum atomic E-state index is 12.2. The van der Waals surface area contributed by atoms with Gasteiger partial charge in [0.2, 0.25) is 0 Å². The normalized spacial score (nSPS) is 10.5. The Bertz CT molecular complexity index is 608. The Balaban J connectivity index is 2.08. The number of benzene rings is 2. The van der Waals surface area contributed by atoms with E-state index in [9.17, 15) is 4.79 Å². The van der Waals surface area contributed by atoms with Gasteiger partial charge in [-0.05, 0) is 49.7 Å². The van der Waals surface area contributed by atoms with Crippen molar-refractivity contribution < 1.29 is 9.53 Å². The van der Waals surface area contributed by atoms with Crippen LogP contribution in [0.4, 0.5) is 5.69 Å². The summed E-state index contributed by atoms with van der Waals surface area (Å²) in [6.07, 6.45) is 0.0834. The minimum atomic E-state index is -0.143. The molecule has 0 fully saturated rings. The summed E-state index contributed by atoms with van der Waals surface area (Å²) >= 11 is 3.40. The molecule has 0 atom stereocenters. The van der Waals surface area contributed by atoms with Crippen molar-refractivity contribution >= 4 is 27.5 Å². The molecule has 3 nitrogen and oxygen atoms in total. The van der Waals surface area contributed by atoms with Crippen molar-refractivity contribution in [3.8, 4) is 5.75 Å². The monoisotopic (exact) mass is 347 g/mol. The van der Waals surface area contributed by atoms with Gasteiger partial charge in [0, 0.05) is 16.6 Å². The van der Waals surface area contributed by atoms with Crippen LogP contribution in [-0.4, -0.2) is 12.0 Å². The molecular weight excluding hydrogens is 330 g/mol. The van der Waals surface area contributed by atoms with Gasteiger partial charge in [0.15, 0.2) is 0 Å². The van der Waals surface area contributed by atoms with Crippen LogP contribution in [-0.2, 0) is 5.33 Å². The minimum Gasteiger partial charge on any atom is -0.491 e. The molecule has 21 heavy (non-hydrogen) atoms. The predicted molar refractivity (Wildman–Crippen MR) is 89.2 cm³/mol. The van der Waals surface area contributed by atoms with E-state index in [4.69, 9.17) is 4.74 Å². The average molecular weight is 348 g/mol. The first kappa shape index (κ1) is 15.6. The van der Waals surface area contributed by atoms with Crippen molar-refractivity contribution in [3.63, 3.8) is 0 Å². The van der Waals surface area contributed by atoms with Gasteiger partial charge in [-0.25, -0.2) is 0 Å². The van der Waals surface area contributed by atoms with Crippen LogP contribution >= 0.6 is 15.9 Å². The fourth-order valence-corrected chi connectivity index (χ4v) is 2.24. The molecule has 0 saturated carbocycles. The Morgan fingerprint density at radius 3 is 2.52 bits per heavy atom. The molecule has 0 aliphatic rings. The first-order chi connectivity index (χ1) is 10.1. The van der Waals surface area contributed by atoms with Gasteiger partial charge in [0.25, 0.3) is 5.91 Å². The zero-order valence-electron chi connectivity index (χ0n) is 12.1. The van der Waals surface area contributed by atoms with E-state index >= 15 is 0 Å². The first-order valence-corrected chi connectivity index (χ1v) is 7.93. The molecule has 2 aromatic carbocycles. The van der Waals surface area contributed by atoms with E-state index in [2.05, 4.69) is 21.2 Å². The topological polar surface area (TPSA) is 38.3 Å². The molecule has 0 unspecified atom stereocenters. The molecule has 0 radical (unpaired) electrons. The van der Waals surface area contributed by atoms with Crippen molar-refractivity contribution in [1.82, 2.24) is 0 Å². The van der Waals surface area contributed by atoms with Crippen LogP contribution in [0.3, 0.4) is 0 Å². The van der Waals surface area contributed by atoms with Gasteiger partial charge in [-0.1, -0.05) is 34.1 Å². The van der Waals surface area contributed by atoms with E-state index in [0.717, 1.165) is 11.0 Å². The van der Waals surface area contributed by atoms with E-state index in [-0.39, 0.29) is 12.0 Å². The number of anilines is 1. The third-order valence-corrected chi connectivity index (χ3v) is 3.48. The first-order valence-electron chi connectivity index (χ1n) is 6.81. The Kier molecular flexibility index (Phi) is 5.39. The average Bonchev–Trinajstić information content (AvgIpc) is 2.47. The number of carbonyl (C=O) groups excluding carboxylic acids is 1. The van der Waals surface area contributed by atoms with Gasteiger partial charge in [0.05, 0.1) is 6.10 Å². The van der Waals surface area contributed by atoms with Gasteiger partial charge < -0.3 is 10.1 Å². The van der Waals surface area contributed by atoms with Crippen molar-refractivity contribution in [1.29, 1.82) is 0 Å². The molecule has 0 heterocycles. The largest absolute Gasteiger partial charge is 0.491 e. The molecule has 0 aromatic heterocycles. The van der Waals surface area contributed by atoms with Gasteiger partial charge in [0.1, 0.15) is 5.75 Å². The zero-order chi connectivity index (χ0) is 15.2. The van der Waals surface area contributed by atoms with Crippen LogP contribution in [0.2, 0.25) is 0 Å². The van der Waals surface area contributed by atoms with E-state index in [1.807, 2.05) is 50.2 Å². The summed E-state index contributed by atoms with van der Waals surface area (Å²) in [5.41, 5.74) is 2.53.